The summed E-state index contributed by atoms with van der Waals surface area (Å²) in [7, 11) is 1.38. The average molecular weight is 316 g/mol. The molecule has 3 aliphatic rings. The zero-order chi connectivity index (χ0) is 16.3. The van der Waals surface area contributed by atoms with Gasteiger partial charge in [0.05, 0.1) is 42.1 Å². The molecule has 23 heavy (non-hydrogen) atoms. The number of nitrogens with zero attached hydrogens (tertiary/aromatic N) is 2. The van der Waals surface area contributed by atoms with E-state index in [0.717, 1.165) is 4.90 Å². The molecule has 0 spiro atoms. The topological polar surface area (TPSA) is 99.0 Å². The highest BCUT2D eigenvalue weighted by molar-refractivity contribution is 6.24. The summed E-state index contributed by atoms with van der Waals surface area (Å²) < 4.78 is 10.5. The molecule has 4 rings (SSSR count). The lowest BCUT2D eigenvalue weighted by Gasteiger charge is -2.17. The number of nitro benzene ring substituents is 1. The van der Waals surface area contributed by atoms with Crippen LogP contribution in [0.3, 0.4) is 0 Å². The van der Waals surface area contributed by atoms with Crippen LogP contribution in [-0.4, -0.2) is 36.1 Å². The normalized spacial score (nSPS) is 30.9. The van der Waals surface area contributed by atoms with Crippen LogP contribution in [0.4, 0.5) is 11.4 Å². The van der Waals surface area contributed by atoms with Crippen molar-refractivity contribution in [3.05, 3.63) is 40.5 Å². The highest BCUT2D eigenvalue weighted by Crippen LogP contribution is 2.47. The quantitative estimate of drug-likeness (QED) is 0.358. The Bertz CT molecular complexity index is 743. The van der Waals surface area contributed by atoms with Gasteiger partial charge >= 0.3 is 0 Å². The maximum Gasteiger partial charge on any atom is 0.297 e. The zero-order valence-electron chi connectivity index (χ0n) is 12.0. The lowest BCUT2D eigenvalue weighted by molar-refractivity contribution is -0.384. The number of fused-ring (bicyclic) bond motifs is 5. The molecule has 0 saturated carbocycles. The Hall–Kier alpha value is -2.74. The predicted octanol–water partition coefficient (Wildman–Crippen LogP) is 1.05. The van der Waals surface area contributed by atoms with Gasteiger partial charge in [-0.3, -0.25) is 19.7 Å². The molecule has 8 heteroatoms. The Morgan fingerprint density at radius 1 is 1.17 bits per heavy atom. The highest BCUT2D eigenvalue weighted by Gasteiger charge is 2.61. The highest BCUT2D eigenvalue weighted by atomic mass is 16.6. The van der Waals surface area contributed by atoms with Gasteiger partial charge in [-0.25, -0.2) is 4.90 Å². The summed E-state index contributed by atoms with van der Waals surface area (Å²) in [6.45, 7) is 0. The molecule has 2 fully saturated rings. The maximum absolute atomic E-state index is 12.7. The summed E-state index contributed by atoms with van der Waals surface area (Å²) in [5, 5.41) is 11.3. The van der Waals surface area contributed by atoms with Gasteiger partial charge in [0, 0.05) is 0 Å². The Morgan fingerprint density at radius 2 is 1.78 bits per heavy atom. The van der Waals surface area contributed by atoms with Crippen LogP contribution in [0.2, 0.25) is 0 Å². The second-order valence-corrected chi connectivity index (χ2v) is 5.63. The number of hydrogen-bond acceptors (Lipinski definition) is 6. The van der Waals surface area contributed by atoms with Crippen LogP contribution in [0.1, 0.15) is 0 Å². The van der Waals surface area contributed by atoms with Crippen molar-refractivity contribution >= 4 is 23.2 Å². The number of amides is 2. The van der Waals surface area contributed by atoms with E-state index in [1.54, 1.807) is 12.2 Å². The Balaban J connectivity index is 1.79. The number of carbonyl (C=O) groups is 2. The van der Waals surface area contributed by atoms with Crippen molar-refractivity contribution in [3.8, 4) is 5.75 Å². The maximum atomic E-state index is 12.7. The van der Waals surface area contributed by atoms with Crippen LogP contribution in [0, 0.1) is 22.0 Å². The Labute approximate surface area is 130 Å². The molecular weight excluding hydrogens is 304 g/mol. The van der Waals surface area contributed by atoms with Crippen molar-refractivity contribution < 1.29 is 24.0 Å². The molecule has 3 heterocycles. The average Bonchev–Trinajstić information content (AvgIpc) is 3.21. The summed E-state index contributed by atoms with van der Waals surface area (Å²) in [6.07, 6.45) is 2.68. The van der Waals surface area contributed by atoms with E-state index >= 15 is 0 Å². The summed E-state index contributed by atoms with van der Waals surface area (Å²) in [5.74, 6) is -1.82. The van der Waals surface area contributed by atoms with Crippen molar-refractivity contribution in [1.29, 1.82) is 0 Å². The predicted molar refractivity (Wildman–Crippen MR) is 76.9 cm³/mol. The van der Waals surface area contributed by atoms with Crippen molar-refractivity contribution in [1.82, 2.24) is 0 Å². The molecule has 2 bridgehead atoms. The first-order valence-electron chi connectivity index (χ1n) is 7.07. The fourth-order valence-electron chi connectivity index (χ4n) is 3.51. The number of nitro groups is 1. The first-order valence-corrected chi connectivity index (χ1v) is 7.07. The third-order valence-electron chi connectivity index (χ3n) is 4.53. The molecular formula is C15H12N2O6. The summed E-state index contributed by atoms with van der Waals surface area (Å²) >= 11 is 0. The molecule has 1 aromatic carbocycles. The molecule has 2 saturated heterocycles. The standard InChI is InChI=1S/C15H12N2O6/c1-22-7-2-3-8(9(6-7)17(20)21)16-14(18)12-10-4-5-11(23-10)13(12)15(16)19/h2-6,10-13H,1H3/t10-,11-,12-,13-/m0/s1. The first kappa shape index (κ1) is 13.9. The number of ether oxygens (including phenoxy) is 2. The van der Waals surface area contributed by atoms with Crippen LogP contribution < -0.4 is 9.64 Å². The van der Waals surface area contributed by atoms with Crippen LogP contribution in [0.5, 0.6) is 5.75 Å². The van der Waals surface area contributed by atoms with E-state index in [4.69, 9.17) is 9.47 Å². The summed E-state index contributed by atoms with van der Waals surface area (Å²) in [5.41, 5.74) is -0.369. The molecule has 0 aliphatic carbocycles. The molecule has 8 nitrogen and oxygen atoms in total. The molecule has 118 valence electrons. The minimum atomic E-state index is -0.629. The van der Waals surface area contributed by atoms with Crippen molar-refractivity contribution in [2.75, 3.05) is 12.0 Å². The molecule has 0 aromatic heterocycles. The smallest absolute Gasteiger partial charge is 0.297 e. The fourth-order valence-corrected chi connectivity index (χ4v) is 3.51. The van der Waals surface area contributed by atoms with Crippen molar-refractivity contribution in [2.24, 2.45) is 11.8 Å². The Morgan fingerprint density at radius 3 is 2.30 bits per heavy atom. The number of imide groups is 1. The lowest BCUT2D eigenvalue weighted by atomic mass is 9.85. The van der Waals surface area contributed by atoms with Crippen LogP contribution >= 0.6 is 0 Å². The molecule has 2 amide bonds. The van der Waals surface area contributed by atoms with Gasteiger partial charge in [-0.2, -0.15) is 0 Å². The molecule has 0 radical (unpaired) electrons. The van der Waals surface area contributed by atoms with Gasteiger partial charge in [0.15, 0.2) is 0 Å². The van der Waals surface area contributed by atoms with E-state index in [1.165, 1.54) is 25.3 Å². The van der Waals surface area contributed by atoms with E-state index in [1.807, 2.05) is 0 Å². The number of anilines is 1. The van der Waals surface area contributed by atoms with Gasteiger partial charge in [0.2, 0.25) is 11.8 Å². The van der Waals surface area contributed by atoms with E-state index in [-0.39, 0.29) is 17.1 Å². The third kappa shape index (κ3) is 1.75. The van der Waals surface area contributed by atoms with Gasteiger partial charge in [0.1, 0.15) is 11.4 Å². The van der Waals surface area contributed by atoms with Crippen LogP contribution in [-0.2, 0) is 14.3 Å². The summed E-state index contributed by atoms with van der Waals surface area (Å²) in [4.78, 5) is 36.9. The number of carbonyl (C=O) groups excluding carboxylic acids is 2. The van der Waals surface area contributed by atoms with E-state index in [9.17, 15) is 19.7 Å². The second kappa shape index (κ2) is 4.63. The second-order valence-electron chi connectivity index (χ2n) is 5.63. The first-order chi connectivity index (χ1) is 11.0. The monoisotopic (exact) mass is 316 g/mol. The van der Waals surface area contributed by atoms with E-state index in [2.05, 4.69) is 0 Å². The van der Waals surface area contributed by atoms with Gasteiger partial charge in [-0.1, -0.05) is 12.2 Å². The van der Waals surface area contributed by atoms with Crippen molar-refractivity contribution in [2.45, 2.75) is 12.2 Å². The van der Waals surface area contributed by atoms with Crippen LogP contribution in [0.25, 0.3) is 0 Å². The molecule has 0 unspecified atom stereocenters. The van der Waals surface area contributed by atoms with Gasteiger partial charge in [-0.05, 0) is 12.1 Å². The zero-order valence-corrected chi connectivity index (χ0v) is 12.0. The van der Waals surface area contributed by atoms with Gasteiger partial charge in [0.25, 0.3) is 5.69 Å². The SMILES string of the molecule is COc1ccc(N2C(=O)[C@@H]3[C@@H](C2=O)[C@@H]2C=C[C@@H]3O2)c([N+](=O)[O-])c1. The number of hydrogen-bond donors (Lipinski definition) is 0. The van der Waals surface area contributed by atoms with Gasteiger partial charge in [-0.15, -0.1) is 0 Å². The van der Waals surface area contributed by atoms with E-state index < -0.39 is 40.8 Å². The number of rotatable bonds is 3. The molecule has 1 aromatic rings. The third-order valence-corrected chi connectivity index (χ3v) is 4.53. The number of methoxy groups -OCH3 is 1. The minimum Gasteiger partial charge on any atom is -0.496 e. The van der Waals surface area contributed by atoms with E-state index in [0.29, 0.717) is 0 Å². The largest absolute Gasteiger partial charge is 0.496 e. The molecule has 3 aliphatic heterocycles. The number of benzene rings is 1. The fraction of sp³-hybridized carbons (Fsp3) is 0.333. The molecule has 4 atom stereocenters. The Kier molecular flexibility index (Phi) is 2.79. The van der Waals surface area contributed by atoms with Crippen molar-refractivity contribution in [3.63, 3.8) is 0 Å². The minimum absolute atomic E-state index is 0.0281. The summed E-state index contributed by atoms with van der Waals surface area (Å²) in [6, 6.07) is 4.05. The van der Waals surface area contributed by atoms with Gasteiger partial charge < -0.3 is 9.47 Å². The lowest BCUT2D eigenvalue weighted by Crippen LogP contribution is -2.34. The van der Waals surface area contributed by atoms with Crippen LogP contribution in [0.15, 0.2) is 30.4 Å². The molecule has 0 N–H and O–H groups in total.